The highest BCUT2D eigenvalue weighted by Crippen LogP contribution is 2.39. The van der Waals surface area contributed by atoms with Crippen molar-refractivity contribution in [2.75, 3.05) is 20.2 Å². The van der Waals surface area contributed by atoms with E-state index in [9.17, 15) is 4.79 Å². The lowest BCUT2D eigenvalue weighted by Crippen LogP contribution is -2.41. The van der Waals surface area contributed by atoms with Crippen LogP contribution in [0.25, 0.3) is 16.7 Å². The lowest BCUT2D eigenvalue weighted by atomic mass is 9.88. The average Bonchev–Trinajstić information content (AvgIpc) is 3.44. The van der Waals surface area contributed by atoms with Crippen molar-refractivity contribution < 1.29 is 14.3 Å². The van der Waals surface area contributed by atoms with Gasteiger partial charge in [0.1, 0.15) is 11.4 Å². The molecule has 0 unspecified atom stereocenters. The van der Waals surface area contributed by atoms with Gasteiger partial charge in [-0.25, -0.2) is 9.48 Å². The van der Waals surface area contributed by atoms with Gasteiger partial charge in [-0.15, -0.1) is 0 Å². The molecular weight excluding hydrogens is 428 g/mol. The third-order valence-electron chi connectivity index (χ3n) is 7.06. The molecule has 34 heavy (non-hydrogen) atoms. The van der Waals surface area contributed by atoms with E-state index in [-0.39, 0.29) is 6.09 Å². The van der Waals surface area contributed by atoms with Gasteiger partial charge < -0.3 is 18.9 Å². The fraction of sp³-hybridized carbons (Fsp3) is 0.556. The molecule has 0 N–H and O–H groups in total. The van der Waals surface area contributed by atoms with Crippen molar-refractivity contribution in [1.29, 1.82) is 0 Å². The number of piperidine rings is 1. The number of para-hydroxylation sites is 1. The summed E-state index contributed by atoms with van der Waals surface area (Å²) in [6, 6.07) is 8.91. The summed E-state index contributed by atoms with van der Waals surface area (Å²) in [7, 11) is 1.69. The van der Waals surface area contributed by atoms with Crippen LogP contribution in [-0.4, -0.2) is 51.1 Å². The number of nitrogens with zero attached hydrogens (tertiary/aromatic N) is 4. The van der Waals surface area contributed by atoms with E-state index in [1.54, 1.807) is 13.3 Å². The van der Waals surface area contributed by atoms with E-state index >= 15 is 0 Å². The molecule has 7 heteroatoms. The first-order chi connectivity index (χ1) is 16.2. The Morgan fingerprint density at radius 1 is 1.15 bits per heavy atom. The van der Waals surface area contributed by atoms with Gasteiger partial charge in [0.15, 0.2) is 5.75 Å². The lowest BCUT2D eigenvalue weighted by Gasteiger charge is -2.34. The minimum Gasteiger partial charge on any atom is -0.493 e. The van der Waals surface area contributed by atoms with Crippen LogP contribution in [0.5, 0.6) is 5.75 Å². The molecule has 1 aromatic carbocycles. The van der Waals surface area contributed by atoms with Crippen LogP contribution < -0.4 is 4.74 Å². The second-order valence-electron chi connectivity index (χ2n) is 10.8. The molecule has 5 rings (SSSR count). The molecule has 2 aliphatic rings. The van der Waals surface area contributed by atoms with Crippen molar-refractivity contribution in [1.82, 2.24) is 19.2 Å². The first kappa shape index (κ1) is 22.8. The van der Waals surface area contributed by atoms with Crippen LogP contribution in [0.1, 0.15) is 63.6 Å². The standard InChI is InChI=1S/C27H36N4O3/c1-18-23(33-5)16-28-31(18)24-15-21-7-6-8-22(25(21)30(24)17-19-9-10-19)20-11-13-29(14-12-20)26(32)34-27(2,3)4/h6-8,15-16,19-20H,9-14,17H2,1-5H3. The maximum Gasteiger partial charge on any atom is 0.410 e. The molecular formula is C27H36N4O3. The van der Waals surface area contributed by atoms with Crippen molar-refractivity contribution in [3.05, 3.63) is 41.7 Å². The molecule has 2 aromatic heterocycles. The maximum absolute atomic E-state index is 12.6. The van der Waals surface area contributed by atoms with Crippen LogP contribution in [-0.2, 0) is 11.3 Å². The van der Waals surface area contributed by atoms with Gasteiger partial charge in [0.2, 0.25) is 0 Å². The first-order valence-corrected chi connectivity index (χ1v) is 12.4. The number of aromatic nitrogens is 3. The zero-order valence-electron chi connectivity index (χ0n) is 21.0. The molecule has 2 fully saturated rings. The summed E-state index contributed by atoms with van der Waals surface area (Å²) in [5.41, 5.74) is 3.24. The van der Waals surface area contributed by atoms with Gasteiger partial charge >= 0.3 is 6.09 Å². The number of methoxy groups -OCH3 is 1. The molecule has 3 aromatic rings. The third-order valence-corrected chi connectivity index (χ3v) is 7.06. The van der Waals surface area contributed by atoms with Crippen LogP contribution in [0, 0.1) is 12.8 Å². The lowest BCUT2D eigenvalue weighted by molar-refractivity contribution is 0.0205. The normalized spacial score (nSPS) is 17.4. The number of carbonyl (C=O) groups is 1. The maximum atomic E-state index is 12.6. The number of likely N-dealkylation sites (tertiary alicyclic amines) is 1. The number of amides is 1. The number of hydrogen-bond donors (Lipinski definition) is 0. The molecule has 1 saturated heterocycles. The number of carbonyl (C=O) groups excluding carboxylic acids is 1. The number of fused-ring (bicyclic) bond motifs is 1. The van der Waals surface area contributed by atoms with E-state index in [4.69, 9.17) is 9.47 Å². The topological polar surface area (TPSA) is 61.5 Å². The van der Waals surface area contributed by atoms with Crippen molar-refractivity contribution >= 4 is 17.0 Å². The molecule has 1 amide bonds. The average molecular weight is 465 g/mol. The zero-order valence-corrected chi connectivity index (χ0v) is 21.0. The molecule has 3 heterocycles. The van der Waals surface area contributed by atoms with Crippen molar-refractivity contribution in [2.45, 2.75) is 71.4 Å². The Balaban J connectivity index is 1.47. The minimum atomic E-state index is -0.465. The van der Waals surface area contributed by atoms with Gasteiger partial charge in [0.25, 0.3) is 0 Å². The van der Waals surface area contributed by atoms with Gasteiger partial charge in [0.05, 0.1) is 24.5 Å². The molecule has 0 radical (unpaired) electrons. The largest absolute Gasteiger partial charge is 0.493 e. The summed E-state index contributed by atoms with van der Waals surface area (Å²) >= 11 is 0. The van der Waals surface area contributed by atoms with Gasteiger partial charge in [-0.05, 0) is 76.8 Å². The quantitative estimate of drug-likeness (QED) is 0.488. The van der Waals surface area contributed by atoms with Crippen LogP contribution >= 0.6 is 0 Å². The molecule has 0 spiro atoms. The van der Waals surface area contributed by atoms with Crippen LogP contribution in [0.15, 0.2) is 30.5 Å². The van der Waals surface area contributed by atoms with E-state index in [0.29, 0.717) is 5.92 Å². The van der Waals surface area contributed by atoms with Gasteiger partial charge in [-0.3, -0.25) is 0 Å². The van der Waals surface area contributed by atoms with Crippen molar-refractivity contribution in [3.8, 4) is 11.6 Å². The summed E-state index contributed by atoms with van der Waals surface area (Å²) in [6.07, 6.45) is 6.05. The monoisotopic (exact) mass is 464 g/mol. The predicted octanol–water partition coefficient (Wildman–Crippen LogP) is 5.67. The zero-order chi connectivity index (χ0) is 24.0. The molecule has 0 atom stereocenters. The highest BCUT2D eigenvalue weighted by molar-refractivity contribution is 5.87. The summed E-state index contributed by atoms with van der Waals surface area (Å²) < 4.78 is 15.6. The Labute approximate surface area is 201 Å². The Bertz CT molecular complexity index is 1190. The smallest absolute Gasteiger partial charge is 0.410 e. The summed E-state index contributed by atoms with van der Waals surface area (Å²) in [5.74, 6) is 3.05. The Hall–Kier alpha value is -2.96. The van der Waals surface area contributed by atoms with Crippen LogP contribution in [0.2, 0.25) is 0 Å². The van der Waals surface area contributed by atoms with E-state index in [0.717, 1.165) is 55.7 Å². The van der Waals surface area contributed by atoms with E-state index in [2.05, 4.69) is 40.9 Å². The minimum absolute atomic E-state index is 0.202. The summed E-state index contributed by atoms with van der Waals surface area (Å²) in [4.78, 5) is 14.4. The van der Waals surface area contributed by atoms with E-state index in [1.165, 1.54) is 29.3 Å². The second kappa shape index (κ2) is 8.67. The van der Waals surface area contributed by atoms with Crippen molar-refractivity contribution in [2.24, 2.45) is 5.92 Å². The first-order valence-electron chi connectivity index (χ1n) is 12.4. The van der Waals surface area contributed by atoms with E-state index in [1.807, 2.05) is 30.4 Å². The highest BCUT2D eigenvalue weighted by atomic mass is 16.6. The van der Waals surface area contributed by atoms with Gasteiger partial charge in [0, 0.05) is 25.0 Å². The fourth-order valence-electron chi connectivity index (χ4n) is 5.11. The SMILES string of the molecule is COc1cnn(-c2cc3cccc(C4CCN(C(=O)OC(C)(C)C)CC4)c3n2CC2CC2)c1C. The second-order valence-corrected chi connectivity index (χ2v) is 10.8. The van der Waals surface area contributed by atoms with Crippen LogP contribution in [0.3, 0.4) is 0 Å². The molecule has 182 valence electrons. The van der Waals surface area contributed by atoms with Gasteiger partial charge in [-0.2, -0.15) is 5.10 Å². The third kappa shape index (κ3) is 4.40. The van der Waals surface area contributed by atoms with E-state index < -0.39 is 5.60 Å². The van der Waals surface area contributed by atoms with Gasteiger partial charge in [-0.1, -0.05) is 18.2 Å². The predicted molar refractivity (Wildman–Crippen MR) is 133 cm³/mol. The molecule has 1 aliphatic heterocycles. The Morgan fingerprint density at radius 2 is 1.88 bits per heavy atom. The molecule has 1 saturated carbocycles. The Morgan fingerprint density at radius 3 is 2.50 bits per heavy atom. The molecule has 7 nitrogen and oxygen atoms in total. The number of ether oxygens (including phenoxy) is 2. The number of benzene rings is 1. The highest BCUT2D eigenvalue weighted by Gasteiger charge is 2.30. The molecule has 1 aliphatic carbocycles. The summed E-state index contributed by atoms with van der Waals surface area (Å²) in [5, 5.41) is 5.90. The van der Waals surface area contributed by atoms with Crippen LogP contribution in [0.4, 0.5) is 4.79 Å². The molecule has 0 bridgehead atoms. The Kier molecular flexibility index (Phi) is 5.82. The fourth-order valence-corrected chi connectivity index (χ4v) is 5.11. The number of rotatable bonds is 5. The van der Waals surface area contributed by atoms with Crippen molar-refractivity contribution in [3.63, 3.8) is 0 Å². The number of hydrogen-bond acceptors (Lipinski definition) is 4. The summed E-state index contributed by atoms with van der Waals surface area (Å²) in [6.45, 7) is 10.3.